The standard InChI is InChI=1S/C34H41NO4Si/c1-34(2,3)40(31-12-8-6-9-13-31,32-14-10-7-11-15-32)39-25-28(22-26-16-19-29(36)20-17-26)35-24-27-18-21-30(37-4)23-33(27)38-5/h6-21,23,28,35-36H,22,24-25H2,1-5H3. The predicted molar refractivity (Wildman–Crippen MR) is 166 cm³/mol. The zero-order valence-corrected chi connectivity index (χ0v) is 25.2. The third-order valence-electron chi connectivity index (χ3n) is 7.41. The maximum Gasteiger partial charge on any atom is 0.261 e. The van der Waals surface area contributed by atoms with Crippen molar-refractivity contribution in [2.24, 2.45) is 0 Å². The predicted octanol–water partition coefficient (Wildman–Crippen LogP) is 5.69. The summed E-state index contributed by atoms with van der Waals surface area (Å²) in [5, 5.41) is 16.0. The third-order valence-corrected chi connectivity index (χ3v) is 12.4. The number of phenolic OH excluding ortho intramolecular Hbond substituents is 1. The first-order chi connectivity index (χ1) is 19.3. The summed E-state index contributed by atoms with van der Waals surface area (Å²) in [7, 11) is 0.636. The Labute approximate surface area is 239 Å². The monoisotopic (exact) mass is 555 g/mol. The van der Waals surface area contributed by atoms with E-state index in [1.165, 1.54) is 10.4 Å². The Hall–Kier alpha value is -3.58. The quantitative estimate of drug-likeness (QED) is 0.220. The topological polar surface area (TPSA) is 60.0 Å². The molecule has 210 valence electrons. The van der Waals surface area contributed by atoms with Gasteiger partial charge in [-0.2, -0.15) is 0 Å². The molecule has 0 amide bonds. The number of nitrogens with one attached hydrogen (secondary N) is 1. The summed E-state index contributed by atoms with van der Waals surface area (Å²) in [6.45, 7) is 8.02. The van der Waals surface area contributed by atoms with Crippen molar-refractivity contribution < 1.29 is 19.0 Å². The average Bonchev–Trinajstić information content (AvgIpc) is 2.97. The van der Waals surface area contributed by atoms with Gasteiger partial charge in [0, 0.05) is 24.2 Å². The Bertz CT molecular complexity index is 1300. The van der Waals surface area contributed by atoms with Gasteiger partial charge in [0.1, 0.15) is 17.2 Å². The van der Waals surface area contributed by atoms with Crippen molar-refractivity contribution in [1.29, 1.82) is 0 Å². The number of hydrogen-bond donors (Lipinski definition) is 2. The summed E-state index contributed by atoms with van der Waals surface area (Å²) >= 11 is 0. The average molecular weight is 556 g/mol. The van der Waals surface area contributed by atoms with E-state index in [4.69, 9.17) is 13.9 Å². The van der Waals surface area contributed by atoms with E-state index < -0.39 is 8.32 Å². The molecule has 6 heteroatoms. The lowest BCUT2D eigenvalue weighted by Crippen LogP contribution is -2.67. The molecular weight excluding hydrogens is 514 g/mol. The summed E-state index contributed by atoms with van der Waals surface area (Å²) in [6, 6.07) is 34.8. The van der Waals surface area contributed by atoms with Crippen molar-refractivity contribution in [1.82, 2.24) is 5.32 Å². The SMILES string of the molecule is COc1ccc(CNC(CO[Si](c2ccccc2)(c2ccccc2)C(C)(C)C)Cc2ccc(O)cc2)c(OC)c1. The van der Waals surface area contributed by atoms with E-state index in [2.05, 4.69) is 86.8 Å². The van der Waals surface area contributed by atoms with Crippen molar-refractivity contribution >= 4 is 18.7 Å². The van der Waals surface area contributed by atoms with Crippen molar-refractivity contribution in [3.05, 3.63) is 114 Å². The minimum atomic E-state index is -2.70. The molecular formula is C34H41NO4Si. The molecule has 0 radical (unpaired) electrons. The Balaban J connectivity index is 1.67. The number of rotatable bonds is 12. The van der Waals surface area contributed by atoms with Gasteiger partial charge < -0.3 is 24.3 Å². The first kappa shape index (κ1) is 29.4. The maximum atomic E-state index is 9.84. The van der Waals surface area contributed by atoms with Crippen LogP contribution in [0.2, 0.25) is 5.04 Å². The van der Waals surface area contributed by atoms with Crippen LogP contribution >= 0.6 is 0 Å². The minimum absolute atomic E-state index is 0.0120. The fourth-order valence-electron chi connectivity index (χ4n) is 5.35. The van der Waals surface area contributed by atoms with Crippen LogP contribution in [0, 0.1) is 0 Å². The fourth-order valence-corrected chi connectivity index (χ4v) is 9.95. The number of methoxy groups -OCH3 is 2. The van der Waals surface area contributed by atoms with Crippen LogP contribution in [-0.4, -0.2) is 40.3 Å². The lowest BCUT2D eigenvalue weighted by molar-refractivity contribution is 0.247. The molecule has 2 N–H and O–H groups in total. The molecule has 0 fully saturated rings. The Morgan fingerprint density at radius 1 is 0.775 bits per heavy atom. The third kappa shape index (κ3) is 6.76. The number of ether oxygens (including phenoxy) is 2. The van der Waals surface area contributed by atoms with E-state index in [0.717, 1.165) is 29.0 Å². The number of benzene rings is 4. The van der Waals surface area contributed by atoms with Gasteiger partial charge in [0.25, 0.3) is 8.32 Å². The van der Waals surface area contributed by atoms with Gasteiger partial charge in [-0.1, -0.05) is 99.6 Å². The van der Waals surface area contributed by atoms with E-state index in [1.54, 1.807) is 26.4 Å². The zero-order valence-electron chi connectivity index (χ0n) is 24.2. The second kappa shape index (κ2) is 13.2. The second-order valence-corrected chi connectivity index (χ2v) is 15.4. The van der Waals surface area contributed by atoms with Crippen molar-refractivity contribution in [3.8, 4) is 17.2 Å². The number of aromatic hydroxyl groups is 1. The van der Waals surface area contributed by atoms with Crippen LogP contribution < -0.4 is 25.2 Å². The van der Waals surface area contributed by atoms with E-state index >= 15 is 0 Å². The van der Waals surface area contributed by atoms with E-state index in [0.29, 0.717) is 13.2 Å². The summed E-state index contributed by atoms with van der Waals surface area (Å²) in [6.07, 6.45) is 0.747. The largest absolute Gasteiger partial charge is 0.508 e. The van der Waals surface area contributed by atoms with Gasteiger partial charge in [0.15, 0.2) is 0 Å². The van der Waals surface area contributed by atoms with Gasteiger partial charge >= 0.3 is 0 Å². The highest BCUT2D eigenvalue weighted by atomic mass is 28.4. The molecule has 0 saturated heterocycles. The van der Waals surface area contributed by atoms with Gasteiger partial charge in [0.2, 0.25) is 0 Å². The first-order valence-corrected chi connectivity index (χ1v) is 15.6. The molecule has 0 saturated carbocycles. The highest BCUT2D eigenvalue weighted by Gasteiger charge is 2.50. The molecule has 4 rings (SSSR count). The van der Waals surface area contributed by atoms with E-state index in [9.17, 15) is 5.11 Å². The molecule has 4 aromatic carbocycles. The Morgan fingerprint density at radius 2 is 1.38 bits per heavy atom. The lowest BCUT2D eigenvalue weighted by Gasteiger charge is -2.43. The lowest BCUT2D eigenvalue weighted by atomic mass is 10.1. The molecule has 0 aliphatic carbocycles. The molecule has 1 atom stereocenters. The minimum Gasteiger partial charge on any atom is -0.508 e. The summed E-state index contributed by atoms with van der Waals surface area (Å²) < 4.78 is 18.3. The van der Waals surface area contributed by atoms with Crippen molar-refractivity contribution in [2.45, 2.75) is 44.8 Å². The van der Waals surface area contributed by atoms with Crippen LogP contribution in [-0.2, 0) is 17.4 Å². The van der Waals surface area contributed by atoms with Gasteiger partial charge in [0.05, 0.1) is 20.8 Å². The van der Waals surface area contributed by atoms with Crippen molar-refractivity contribution in [2.75, 3.05) is 20.8 Å². The summed E-state index contributed by atoms with van der Waals surface area (Å²) in [4.78, 5) is 0. The molecule has 0 aromatic heterocycles. The molecule has 4 aromatic rings. The zero-order chi connectivity index (χ0) is 28.6. The highest BCUT2D eigenvalue weighted by Crippen LogP contribution is 2.37. The van der Waals surface area contributed by atoms with Gasteiger partial charge in [-0.15, -0.1) is 0 Å². The molecule has 0 aliphatic heterocycles. The number of hydrogen-bond acceptors (Lipinski definition) is 5. The van der Waals surface area contributed by atoms with Gasteiger partial charge in [-0.25, -0.2) is 0 Å². The normalized spacial score (nSPS) is 12.6. The molecule has 0 bridgehead atoms. The Kier molecular flexibility index (Phi) is 9.69. The van der Waals surface area contributed by atoms with Gasteiger partial charge in [-0.3, -0.25) is 0 Å². The van der Waals surface area contributed by atoms with Gasteiger partial charge in [-0.05, 0) is 45.6 Å². The summed E-state index contributed by atoms with van der Waals surface area (Å²) in [5.74, 6) is 1.80. The molecule has 0 spiro atoms. The molecule has 0 heterocycles. The van der Waals surface area contributed by atoms with Crippen LogP contribution in [0.15, 0.2) is 103 Å². The van der Waals surface area contributed by atoms with Crippen LogP contribution in [0.5, 0.6) is 17.2 Å². The Morgan fingerprint density at radius 3 is 1.90 bits per heavy atom. The molecule has 5 nitrogen and oxygen atoms in total. The molecule has 1 unspecified atom stereocenters. The summed E-state index contributed by atoms with van der Waals surface area (Å²) in [5.41, 5.74) is 2.17. The highest BCUT2D eigenvalue weighted by molar-refractivity contribution is 6.99. The van der Waals surface area contributed by atoms with Crippen LogP contribution in [0.1, 0.15) is 31.9 Å². The smallest absolute Gasteiger partial charge is 0.261 e. The van der Waals surface area contributed by atoms with Crippen LogP contribution in [0.25, 0.3) is 0 Å². The number of phenols is 1. The maximum absolute atomic E-state index is 9.84. The van der Waals surface area contributed by atoms with Crippen LogP contribution in [0.4, 0.5) is 0 Å². The van der Waals surface area contributed by atoms with Crippen LogP contribution in [0.3, 0.4) is 0 Å². The molecule has 40 heavy (non-hydrogen) atoms. The van der Waals surface area contributed by atoms with E-state index in [1.807, 2.05) is 30.3 Å². The first-order valence-electron chi connectivity index (χ1n) is 13.7. The second-order valence-electron chi connectivity index (χ2n) is 11.1. The van der Waals surface area contributed by atoms with Crippen molar-refractivity contribution in [3.63, 3.8) is 0 Å². The fraction of sp³-hybridized carbons (Fsp3) is 0.294. The van der Waals surface area contributed by atoms with E-state index in [-0.39, 0.29) is 16.8 Å². The molecule has 0 aliphatic rings.